The second-order valence-corrected chi connectivity index (χ2v) is 7.89. The van der Waals surface area contributed by atoms with Gasteiger partial charge in [-0.15, -0.1) is 42.3 Å². The molecule has 23 heavy (non-hydrogen) atoms. The van der Waals surface area contributed by atoms with Crippen molar-refractivity contribution in [1.82, 2.24) is 0 Å². The van der Waals surface area contributed by atoms with Gasteiger partial charge in [-0.3, -0.25) is 0 Å². The second-order valence-electron chi connectivity index (χ2n) is 5.25. The van der Waals surface area contributed by atoms with Crippen molar-refractivity contribution in [3.05, 3.63) is 115 Å². The minimum atomic E-state index is -2.77. The van der Waals surface area contributed by atoms with E-state index >= 15 is 0 Å². The fraction of sp³-hybridized carbons (Fsp3) is 0. The maximum Gasteiger partial charge on any atom is 0.128 e. The molecule has 1 nitrogen and oxygen atoms in total. The van der Waals surface area contributed by atoms with E-state index in [2.05, 4.69) is 0 Å². The molecule has 2 heteroatoms. The van der Waals surface area contributed by atoms with Gasteiger partial charge in [0, 0.05) is 10.6 Å². The topological polar surface area (TPSA) is 17.1 Å². The molecule has 0 heterocycles. The van der Waals surface area contributed by atoms with Crippen LogP contribution >= 0.6 is 7.14 Å². The molecule has 0 bridgehead atoms. The van der Waals surface area contributed by atoms with Crippen LogP contribution in [0.1, 0.15) is 5.56 Å². The summed E-state index contributed by atoms with van der Waals surface area (Å²) in [5.74, 6) is 1.84. The average Bonchev–Trinajstić information content (AvgIpc) is 2.64. The molecule has 0 aliphatic heterocycles. The van der Waals surface area contributed by atoms with E-state index in [-0.39, 0.29) is 0 Å². The first kappa shape index (κ1) is 15.4. The van der Waals surface area contributed by atoms with Gasteiger partial charge in [0.2, 0.25) is 0 Å². The summed E-state index contributed by atoms with van der Waals surface area (Å²) in [6, 6.07) is 29.4. The number of benzene rings is 3. The maximum absolute atomic E-state index is 13.7. The van der Waals surface area contributed by atoms with Crippen molar-refractivity contribution in [3.63, 3.8) is 0 Å². The third kappa shape index (κ3) is 3.64. The minimum absolute atomic E-state index is 0.851. The van der Waals surface area contributed by atoms with Gasteiger partial charge in [-0.05, 0) is 0 Å². The van der Waals surface area contributed by atoms with Gasteiger partial charge in [0.15, 0.2) is 0 Å². The summed E-state index contributed by atoms with van der Waals surface area (Å²) in [4.78, 5) is 0. The summed E-state index contributed by atoms with van der Waals surface area (Å²) < 4.78 is 13.7. The Morgan fingerprint density at radius 3 is 1.57 bits per heavy atom. The number of hydrogen-bond donors (Lipinski definition) is 0. The molecule has 0 spiro atoms. The Morgan fingerprint density at radius 2 is 1.09 bits per heavy atom. The zero-order valence-electron chi connectivity index (χ0n) is 12.7. The molecule has 0 amide bonds. The average molecular weight is 317 g/mol. The lowest BCUT2D eigenvalue weighted by molar-refractivity contribution is 0.592. The van der Waals surface area contributed by atoms with Gasteiger partial charge in [0.1, 0.15) is 7.14 Å². The maximum atomic E-state index is 13.7. The lowest BCUT2D eigenvalue weighted by Crippen LogP contribution is -2.13. The number of rotatable bonds is 5. The highest BCUT2D eigenvalue weighted by Crippen LogP contribution is 2.45. The van der Waals surface area contributed by atoms with Gasteiger partial charge in [-0.2, -0.15) is 0 Å². The Hall–Kier alpha value is -2.50. The van der Waals surface area contributed by atoms with Gasteiger partial charge in [0.25, 0.3) is 0 Å². The van der Waals surface area contributed by atoms with E-state index < -0.39 is 7.14 Å². The van der Waals surface area contributed by atoms with Crippen molar-refractivity contribution in [3.8, 4) is 0 Å². The van der Waals surface area contributed by atoms with Crippen LogP contribution in [0.2, 0.25) is 0 Å². The summed E-state index contributed by atoms with van der Waals surface area (Å²) in [6.07, 6.45) is 3.88. The van der Waals surface area contributed by atoms with Crippen LogP contribution in [0, 0.1) is 6.42 Å². The fourth-order valence-electron chi connectivity index (χ4n) is 2.46. The Morgan fingerprint density at radius 1 is 0.652 bits per heavy atom. The molecule has 0 fully saturated rings. The van der Waals surface area contributed by atoms with E-state index in [1.165, 1.54) is 0 Å². The van der Waals surface area contributed by atoms with Crippen LogP contribution in [0.25, 0.3) is 0 Å². The lowest BCUT2D eigenvalue weighted by atomic mass is 10.2. The molecular weight excluding hydrogens is 299 g/mol. The summed E-state index contributed by atoms with van der Waals surface area (Å²) in [5, 5.41) is 1.70. The Labute approximate surface area is 137 Å². The van der Waals surface area contributed by atoms with Gasteiger partial charge in [-0.25, -0.2) is 0 Å². The number of allylic oxidation sites excluding steroid dienone is 1. The highest BCUT2D eigenvalue weighted by atomic mass is 31.2. The van der Waals surface area contributed by atoms with Crippen molar-refractivity contribution in [2.75, 3.05) is 0 Å². The highest BCUT2D eigenvalue weighted by molar-refractivity contribution is 7.81. The van der Waals surface area contributed by atoms with Crippen LogP contribution in [-0.2, 0) is 4.57 Å². The van der Waals surface area contributed by atoms with Gasteiger partial charge in [-0.1, -0.05) is 72.5 Å². The van der Waals surface area contributed by atoms with Crippen LogP contribution in [0.5, 0.6) is 0 Å². The molecule has 114 valence electrons. The summed E-state index contributed by atoms with van der Waals surface area (Å²) in [5.41, 5.74) is 1.09. The van der Waals surface area contributed by atoms with E-state index in [1.54, 1.807) is 0 Å². The predicted molar refractivity (Wildman–Crippen MR) is 98.7 cm³/mol. The molecule has 0 unspecified atom stereocenters. The predicted octanol–water partition coefficient (Wildman–Crippen LogP) is 4.77. The largest absolute Gasteiger partial charge is 0.319 e. The smallest absolute Gasteiger partial charge is 0.128 e. The molecular formula is C21H18OP-. The molecule has 0 aliphatic carbocycles. The molecule has 3 aromatic rings. The molecule has 0 N–H and O–H groups in total. The van der Waals surface area contributed by atoms with Crippen LogP contribution in [0.4, 0.5) is 0 Å². The van der Waals surface area contributed by atoms with Crippen LogP contribution in [0.3, 0.4) is 0 Å². The third-order valence-corrected chi connectivity index (χ3v) is 6.39. The van der Waals surface area contributed by atoms with E-state index in [9.17, 15) is 4.57 Å². The van der Waals surface area contributed by atoms with Gasteiger partial charge in [0.05, 0.1) is 0 Å². The van der Waals surface area contributed by atoms with Crippen molar-refractivity contribution >= 4 is 17.8 Å². The first-order valence-corrected chi connectivity index (χ1v) is 9.35. The van der Waals surface area contributed by atoms with Gasteiger partial charge < -0.3 is 4.57 Å². The molecule has 0 atom stereocenters. The van der Waals surface area contributed by atoms with Crippen LogP contribution in [-0.4, -0.2) is 0 Å². The van der Waals surface area contributed by atoms with Crippen LogP contribution in [0.15, 0.2) is 103 Å². The lowest BCUT2D eigenvalue weighted by Gasteiger charge is -2.17. The molecule has 3 aromatic carbocycles. The zero-order chi connectivity index (χ0) is 16.0. The fourth-order valence-corrected chi connectivity index (χ4v) is 4.66. The quantitative estimate of drug-likeness (QED) is 0.489. The summed E-state index contributed by atoms with van der Waals surface area (Å²) in [6.45, 7) is 0. The van der Waals surface area contributed by atoms with Crippen molar-refractivity contribution in [1.29, 1.82) is 0 Å². The van der Waals surface area contributed by atoms with Crippen molar-refractivity contribution in [2.24, 2.45) is 0 Å². The van der Waals surface area contributed by atoms with Crippen molar-refractivity contribution in [2.45, 2.75) is 0 Å². The van der Waals surface area contributed by atoms with E-state index in [1.807, 2.05) is 109 Å². The van der Waals surface area contributed by atoms with Crippen LogP contribution < -0.4 is 10.6 Å². The third-order valence-electron chi connectivity index (χ3n) is 3.66. The van der Waals surface area contributed by atoms with Gasteiger partial charge >= 0.3 is 0 Å². The first-order chi connectivity index (χ1) is 11.3. The number of hydrogen-bond acceptors (Lipinski definition) is 1. The standard InChI is InChI=1S/C21H18OP/c22-23(20-14-6-2-7-15-20,21-16-8-3-9-17-21)18-10-13-19-11-4-1-5-12-19/h1-18H/q-1. The molecule has 0 aromatic heterocycles. The zero-order valence-corrected chi connectivity index (χ0v) is 13.6. The molecule has 0 radical (unpaired) electrons. The normalized spacial score (nSPS) is 11.5. The monoisotopic (exact) mass is 317 g/mol. The second kappa shape index (κ2) is 7.17. The minimum Gasteiger partial charge on any atom is -0.319 e. The molecule has 0 aliphatic rings. The Balaban J connectivity index is 1.95. The SMILES string of the molecule is O=P(C=C[CH-]c1ccccc1)(c1ccccc1)c1ccccc1. The molecule has 0 saturated heterocycles. The summed E-state index contributed by atoms with van der Waals surface area (Å²) in [7, 11) is -2.77. The van der Waals surface area contributed by atoms with E-state index in [0.29, 0.717) is 0 Å². The highest BCUT2D eigenvalue weighted by Gasteiger charge is 2.20. The first-order valence-electron chi connectivity index (χ1n) is 7.58. The summed E-state index contributed by atoms with van der Waals surface area (Å²) >= 11 is 0. The van der Waals surface area contributed by atoms with E-state index in [4.69, 9.17) is 0 Å². The van der Waals surface area contributed by atoms with Crippen molar-refractivity contribution < 1.29 is 4.57 Å². The Kier molecular flexibility index (Phi) is 4.80. The Bertz CT molecular complexity index is 765. The molecule has 3 rings (SSSR count). The van der Waals surface area contributed by atoms with E-state index in [0.717, 1.165) is 16.2 Å². The molecule has 0 saturated carbocycles.